The van der Waals surface area contributed by atoms with Crippen LogP contribution < -0.4 is 29.6 Å². The summed E-state index contributed by atoms with van der Waals surface area (Å²) in [7, 11) is 0. The molecule has 2 fully saturated rings. The molecule has 2 amide bonds. The summed E-state index contributed by atoms with van der Waals surface area (Å²) in [6.07, 6.45) is -1.75. The number of aliphatic hydroxyl groups is 2. The van der Waals surface area contributed by atoms with Gasteiger partial charge in [0.2, 0.25) is 11.8 Å². The van der Waals surface area contributed by atoms with Crippen molar-refractivity contribution in [2.45, 2.75) is 115 Å². The Hall–Kier alpha value is -7.18. The van der Waals surface area contributed by atoms with Crippen LogP contribution in [0.1, 0.15) is 100.0 Å². The van der Waals surface area contributed by atoms with Gasteiger partial charge >= 0.3 is 18.3 Å². The van der Waals surface area contributed by atoms with Crippen LogP contribution in [-0.2, 0) is 32.4 Å². The molecule has 0 spiro atoms. The number of amides is 2. The molecular weight excluding hydrogens is 929 g/mol. The van der Waals surface area contributed by atoms with Crippen LogP contribution in [0.15, 0.2) is 91.0 Å². The summed E-state index contributed by atoms with van der Waals surface area (Å²) in [4.78, 5) is 42.4. The lowest BCUT2D eigenvalue weighted by Crippen LogP contribution is -2.28. The molecule has 2 saturated carbocycles. The van der Waals surface area contributed by atoms with E-state index in [-0.39, 0.29) is 53.8 Å². The number of alkyl halides is 3. The number of ether oxygens (including phenoxy) is 4. The average molecular weight is 983 g/mol. The minimum atomic E-state index is -3.76. The van der Waals surface area contributed by atoms with Gasteiger partial charge in [0.1, 0.15) is 11.6 Å². The van der Waals surface area contributed by atoms with Gasteiger partial charge in [-0.2, -0.15) is 4.39 Å². The van der Waals surface area contributed by atoms with Crippen LogP contribution in [0.5, 0.6) is 23.0 Å². The highest BCUT2D eigenvalue weighted by Crippen LogP contribution is 2.54. The van der Waals surface area contributed by atoms with E-state index in [9.17, 15) is 42.9 Å². The molecule has 374 valence electrons. The van der Waals surface area contributed by atoms with Crippen LogP contribution in [0.25, 0.3) is 22.2 Å². The minimum Gasteiger partial charge on any atom is -0.478 e. The largest absolute Gasteiger partial charge is 0.586 e. The zero-order chi connectivity index (χ0) is 50.1. The normalized spacial score (nSPS) is 18.6. The first kappa shape index (κ1) is 50.2. The number of rotatable bonds is 13. The zero-order valence-corrected chi connectivity index (χ0v) is 38.8. The van der Waals surface area contributed by atoms with Gasteiger partial charge in [-0.05, 0) is 110 Å². The molecule has 10 rings (SSSR count). The zero-order valence-electron chi connectivity index (χ0n) is 38.8. The van der Waals surface area contributed by atoms with Gasteiger partial charge in [0.15, 0.2) is 23.0 Å². The van der Waals surface area contributed by atoms with Crippen molar-refractivity contribution in [2.75, 3.05) is 17.2 Å². The van der Waals surface area contributed by atoms with Gasteiger partial charge in [-0.15, -0.1) is 8.78 Å². The molecule has 71 heavy (non-hydrogen) atoms. The summed E-state index contributed by atoms with van der Waals surface area (Å²) < 4.78 is 77.2. The van der Waals surface area contributed by atoms with Crippen LogP contribution in [0.4, 0.5) is 29.1 Å². The van der Waals surface area contributed by atoms with Crippen LogP contribution in [-0.4, -0.2) is 67.7 Å². The quantitative estimate of drug-likeness (QED) is 0.0692. The van der Waals surface area contributed by atoms with Gasteiger partial charge in [-0.3, -0.25) is 9.59 Å². The molecule has 2 aliphatic heterocycles. The molecule has 2 aromatic heterocycles. The third-order valence-electron chi connectivity index (χ3n) is 13.5. The van der Waals surface area contributed by atoms with Gasteiger partial charge in [-0.1, -0.05) is 58.5 Å². The van der Waals surface area contributed by atoms with E-state index in [1.807, 2.05) is 39.8 Å². The number of nitrogens with zero attached hydrogens (tertiary/aromatic N) is 2. The van der Waals surface area contributed by atoms with E-state index in [0.717, 1.165) is 23.2 Å². The van der Waals surface area contributed by atoms with Crippen molar-refractivity contribution in [3.05, 3.63) is 125 Å². The number of carbonyl (C=O) groups is 3. The maximum absolute atomic E-state index is 15.3. The van der Waals surface area contributed by atoms with Crippen LogP contribution in [0, 0.1) is 12.7 Å². The number of halogens is 4. The number of aromatic nitrogens is 2. The number of nitrogens with one attached hydrogen (secondary N) is 2. The van der Waals surface area contributed by atoms with Crippen molar-refractivity contribution in [2.24, 2.45) is 0 Å². The van der Waals surface area contributed by atoms with E-state index in [1.54, 1.807) is 59.2 Å². The van der Waals surface area contributed by atoms with Gasteiger partial charge in [0, 0.05) is 35.0 Å². The number of carboxylic acid groups (broad SMARTS) is 1. The lowest BCUT2D eigenvalue weighted by atomic mass is 9.86. The van der Waals surface area contributed by atoms with Crippen molar-refractivity contribution in [1.82, 2.24) is 9.55 Å². The Morgan fingerprint density at radius 3 is 2.00 bits per heavy atom. The molecule has 4 aliphatic rings. The summed E-state index contributed by atoms with van der Waals surface area (Å²) >= 11 is 0. The number of carbonyl (C=O) groups excluding carboxylic acids is 2. The molecule has 6 aromatic rings. The van der Waals surface area contributed by atoms with Crippen molar-refractivity contribution < 1.29 is 66.2 Å². The van der Waals surface area contributed by atoms with E-state index < -0.39 is 53.6 Å². The Balaban J connectivity index is 0.000000189. The first-order valence-corrected chi connectivity index (χ1v) is 22.7. The van der Waals surface area contributed by atoms with E-state index >= 15 is 4.39 Å². The predicted octanol–water partition coefficient (Wildman–Crippen LogP) is 10.3. The SMILES string of the molecule is C.CCC(C)(C)c1cc2cc(NC(=O)C3(c4ccc5c(c4)OC(F)(F)O5)CC3)c(F)cc2n1C[C@@H](O)CO.Cc1ccc(NC(=O)C2(c3ccc4c(c3)OC(C)(F)O4)CC2)nc1-c1cccc(C(=O)O)c1. The smallest absolute Gasteiger partial charge is 0.478 e. The molecule has 5 N–H and O–H groups in total. The number of aromatic carboxylic acids is 1. The van der Waals surface area contributed by atoms with Crippen molar-refractivity contribution in [3.8, 4) is 34.3 Å². The fourth-order valence-corrected chi connectivity index (χ4v) is 8.93. The molecule has 1 unspecified atom stereocenters. The Bertz CT molecular complexity index is 3090. The molecule has 2 atom stereocenters. The fraction of sp³-hybridized carbons (Fsp3) is 0.358. The Morgan fingerprint density at radius 1 is 0.803 bits per heavy atom. The highest BCUT2D eigenvalue weighted by molar-refractivity contribution is 6.03. The topological polar surface area (TPSA) is 191 Å². The molecule has 2 aliphatic carbocycles. The van der Waals surface area contributed by atoms with Gasteiger partial charge < -0.3 is 49.5 Å². The Morgan fingerprint density at radius 2 is 1.39 bits per heavy atom. The molecule has 4 aromatic carbocycles. The number of pyridine rings is 1. The lowest BCUT2D eigenvalue weighted by molar-refractivity contribution is -0.286. The van der Waals surface area contributed by atoms with E-state index in [1.165, 1.54) is 31.2 Å². The standard InChI is InChI=1S/C27H29F3N2O5.C25H21FN2O5.CH4/c1-4-25(2,3)23-10-15-9-19(18(28)12-20(15)32(23)13-17(34)14-33)31-24(35)26(7-8-26)16-5-6-21-22(11-16)37-27(29,30)36-21;1-14-6-9-20(27-21(14)15-4-3-5-16(12-15)22(29)30)28-23(31)25(10-11-25)17-7-8-18-19(13-17)33-24(2,26)32-18;/h5-6,9-12,17,33-34H,4,7-8,13-14H2,1-3H3,(H,31,35);3-9,12-13H,10-11H2,1-2H3,(H,29,30)(H,27,28,31);1H4/t17-;;/m1../s1. The number of anilines is 2. The number of fused-ring (bicyclic) bond motifs is 3. The summed E-state index contributed by atoms with van der Waals surface area (Å²) in [6, 6.07) is 21.9. The van der Waals surface area contributed by atoms with Gasteiger partial charge in [0.25, 0.3) is 0 Å². The third-order valence-corrected chi connectivity index (χ3v) is 13.5. The number of hydrogen-bond acceptors (Lipinski definition) is 10. The predicted molar refractivity (Wildman–Crippen MR) is 255 cm³/mol. The molecule has 14 nitrogen and oxygen atoms in total. The molecule has 0 radical (unpaired) electrons. The van der Waals surface area contributed by atoms with Gasteiger partial charge in [-0.25, -0.2) is 14.2 Å². The van der Waals surface area contributed by atoms with Crippen molar-refractivity contribution in [1.29, 1.82) is 0 Å². The van der Waals surface area contributed by atoms with E-state index in [4.69, 9.17) is 9.47 Å². The van der Waals surface area contributed by atoms with Crippen LogP contribution in [0.3, 0.4) is 0 Å². The number of aliphatic hydroxyl groups excluding tert-OH is 2. The summed E-state index contributed by atoms with van der Waals surface area (Å²) in [6.45, 7) is 8.83. The maximum atomic E-state index is 15.3. The first-order chi connectivity index (χ1) is 33.1. The molecule has 4 heterocycles. The fourth-order valence-electron chi connectivity index (χ4n) is 8.93. The number of hydrogen-bond donors (Lipinski definition) is 5. The molecular formula is C53H54F4N4O10. The minimum absolute atomic E-state index is 0. The number of benzene rings is 4. The molecule has 18 heteroatoms. The second-order valence-electron chi connectivity index (χ2n) is 19.0. The van der Waals surface area contributed by atoms with Crippen LogP contribution in [0.2, 0.25) is 0 Å². The number of aryl methyl sites for hydroxylation is 1. The summed E-state index contributed by atoms with van der Waals surface area (Å²) in [5.74, 6) is -1.66. The summed E-state index contributed by atoms with van der Waals surface area (Å²) in [5.41, 5.74) is 2.85. The van der Waals surface area contributed by atoms with Crippen molar-refractivity contribution in [3.63, 3.8) is 0 Å². The second-order valence-corrected chi connectivity index (χ2v) is 19.0. The lowest BCUT2D eigenvalue weighted by Gasteiger charge is -2.26. The van der Waals surface area contributed by atoms with E-state index in [2.05, 4.69) is 25.1 Å². The maximum Gasteiger partial charge on any atom is 0.586 e. The van der Waals surface area contributed by atoms with Crippen molar-refractivity contribution >= 4 is 40.2 Å². The van der Waals surface area contributed by atoms with E-state index in [0.29, 0.717) is 65.0 Å². The Labute approximate surface area is 406 Å². The number of carboxylic acids is 1. The third kappa shape index (κ3) is 9.69. The van der Waals surface area contributed by atoms with Gasteiger partial charge in [0.05, 0.1) is 52.5 Å². The molecule has 0 saturated heterocycles. The highest BCUT2D eigenvalue weighted by Gasteiger charge is 2.54. The average Bonchev–Trinajstić information content (AvgIpc) is 4.22. The monoisotopic (exact) mass is 982 g/mol. The highest BCUT2D eigenvalue weighted by atomic mass is 19.3. The Kier molecular flexibility index (Phi) is 12.9. The van der Waals surface area contributed by atoms with Crippen LogP contribution >= 0.6 is 0 Å². The first-order valence-electron chi connectivity index (χ1n) is 22.7. The molecule has 0 bridgehead atoms. The summed E-state index contributed by atoms with van der Waals surface area (Å²) in [5, 5.41) is 35.0. The second kappa shape index (κ2) is 18.2.